The van der Waals surface area contributed by atoms with Gasteiger partial charge in [0.05, 0.1) is 0 Å². The molecule has 2 aliphatic carbocycles. The van der Waals surface area contributed by atoms with Gasteiger partial charge in [0.1, 0.15) is 0 Å². The molecule has 4 heteroatoms. The molecule has 2 aromatic rings. The van der Waals surface area contributed by atoms with Crippen LogP contribution in [0.1, 0.15) is 54.4 Å². The Morgan fingerprint density at radius 2 is 0.912 bits per heavy atom. The van der Waals surface area contributed by atoms with Crippen LogP contribution >= 0.6 is 24.8 Å². The molecule has 0 N–H and O–H groups in total. The van der Waals surface area contributed by atoms with Crippen molar-refractivity contribution >= 4 is 40.2 Å². The molecule has 0 aromatic heterocycles. The Morgan fingerprint density at radius 1 is 0.588 bits per heavy atom. The second-order valence-corrected chi connectivity index (χ2v) is 25.8. The fraction of sp³-hybridized carbons (Fsp3) is 0.333. The summed E-state index contributed by atoms with van der Waals surface area (Å²) in [5.41, 5.74) is 3.35. The molecule has 182 valence electrons. The summed E-state index contributed by atoms with van der Waals surface area (Å²) in [4.78, 5) is 0. The van der Waals surface area contributed by atoms with Crippen LogP contribution < -0.4 is 7.74 Å². The normalized spacial score (nSPS) is 16.6. The minimum Gasteiger partial charge on any atom is -0.147 e. The van der Waals surface area contributed by atoms with Gasteiger partial charge in [-0.15, -0.1) is 24.8 Å². The van der Waals surface area contributed by atoms with E-state index in [0.717, 1.165) is 12.8 Å². The molecule has 0 bridgehead atoms. The molecule has 2 aliphatic rings. The molecule has 4 rings (SSSR count). The number of allylic oxidation sites excluding steroid dienone is 8. The first-order valence-corrected chi connectivity index (χ1v) is 19.1. The molecule has 34 heavy (non-hydrogen) atoms. The van der Waals surface area contributed by atoms with Gasteiger partial charge in [0.15, 0.2) is 0 Å². The maximum atomic E-state index is 2.44. The van der Waals surface area contributed by atoms with Crippen LogP contribution in [0.15, 0.2) is 104 Å². The Kier molecular flexibility index (Phi) is 8.67. The van der Waals surface area contributed by atoms with Crippen LogP contribution in [0.5, 0.6) is 0 Å². The summed E-state index contributed by atoms with van der Waals surface area (Å²) in [6.45, 7) is 14.3. The smallest absolute Gasteiger partial charge is 0.147 e. The molecular weight excluding hydrogens is 507 g/mol. The van der Waals surface area contributed by atoms with Crippen molar-refractivity contribution in [1.29, 1.82) is 0 Å². The first-order valence-electron chi connectivity index (χ1n) is 11.9. The van der Waals surface area contributed by atoms with E-state index in [9.17, 15) is 0 Å². The van der Waals surface area contributed by atoms with Gasteiger partial charge < -0.3 is 0 Å². The maximum Gasteiger partial charge on any atom is -0.147 e. The van der Waals surface area contributed by atoms with Gasteiger partial charge in [-0.05, 0) is 0 Å². The molecule has 0 spiro atoms. The Hall–Kier alpha value is -1.09. The van der Waals surface area contributed by atoms with Crippen LogP contribution in [-0.4, -0.2) is 7.63 Å². The zero-order chi connectivity index (χ0) is 23.2. The Labute approximate surface area is 222 Å². The van der Waals surface area contributed by atoms with Gasteiger partial charge in [-0.25, -0.2) is 0 Å². The third-order valence-electron chi connectivity index (χ3n) is 7.63. The Bertz CT molecular complexity index is 1120. The fourth-order valence-electron chi connectivity index (χ4n) is 6.12. The molecular formula is C30H40Cl2SiTi. The van der Waals surface area contributed by atoms with Crippen molar-refractivity contribution in [2.75, 3.05) is 0 Å². The SMILES string of the molecule is CC(C)(C)C1=[C]([Ti](=[SiH2])([C]2=C(C(C)(C)C)C=CC2)([c]2ccccc2)[c]2ccccc2)CC=C1.Cl.Cl. The summed E-state index contributed by atoms with van der Waals surface area (Å²) in [6.07, 6.45) is 11.9. The van der Waals surface area contributed by atoms with E-state index >= 15 is 0 Å². The summed E-state index contributed by atoms with van der Waals surface area (Å²) >= 11 is -3.89. The third kappa shape index (κ3) is 4.44. The van der Waals surface area contributed by atoms with E-state index in [2.05, 4.69) is 134 Å². The second kappa shape index (κ2) is 10.1. The van der Waals surface area contributed by atoms with Crippen molar-refractivity contribution in [1.82, 2.24) is 0 Å². The average molecular weight is 548 g/mol. The largest absolute Gasteiger partial charge is 0.147 e. The number of rotatable bonds is 4. The molecule has 0 fully saturated rings. The molecule has 0 unspecified atom stereocenters. The van der Waals surface area contributed by atoms with Crippen molar-refractivity contribution < 1.29 is 14.0 Å². The zero-order valence-corrected chi connectivity index (χ0v) is 26.1. The second-order valence-electron chi connectivity index (χ2n) is 11.7. The van der Waals surface area contributed by atoms with Crippen LogP contribution in [0.2, 0.25) is 0 Å². The maximum absolute atomic E-state index is 3.89. The van der Waals surface area contributed by atoms with Crippen LogP contribution in [-0.2, 0) is 14.0 Å². The molecule has 2 aromatic carbocycles. The summed E-state index contributed by atoms with van der Waals surface area (Å²) in [6, 6.07) is 23.1. The van der Waals surface area contributed by atoms with Crippen LogP contribution in [0.25, 0.3) is 0 Å². The molecule has 0 radical (unpaired) electrons. The zero-order valence-electron chi connectivity index (χ0n) is 21.5. The summed E-state index contributed by atoms with van der Waals surface area (Å²) in [5.74, 6) is 0. The van der Waals surface area contributed by atoms with Crippen molar-refractivity contribution in [3.63, 3.8) is 0 Å². The number of halogens is 2. The summed E-state index contributed by atoms with van der Waals surface area (Å²) in [7, 11) is 2.40. The van der Waals surface area contributed by atoms with Crippen molar-refractivity contribution in [2.45, 2.75) is 54.4 Å². The van der Waals surface area contributed by atoms with Gasteiger partial charge in [0, 0.05) is 0 Å². The quantitative estimate of drug-likeness (QED) is 0.354. The monoisotopic (exact) mass is 546 g/mol. The molecule has 0 amide bonds. The van der Waals surface area contributed by atoms with Crippen molar-refractivity contribution in [3.05, 3.63) is 104 Å². The van der Waals surface area contributed by atoms with Gasteiger partial charge in [0.25, 0.3) is 0 Å². The number of benzene rings is 2. The summed E-state index contributed by atoms with van der Waals surface area (Å²) in [5, 5.41) is 0. The van der Waals surface area contributed by atoms with E-state index in [1.54, 1.807) is 26.6 Å². The molecule has 0 saturated carbocycles. The number of hydrogen-bond acceptors (Lipinski definition) is 0. The van der Waals surface area contributed by atoms with E-state index in [-0.39, 0.29) is 35.6 Å². The predicted molar refractivity (Wildman–Crippen MR) is 156 cm³/mol. The molecule has 0 atom stereocenters. The van der Waals surface area contributed by atoms with Gasteiger partial charge in [0.2, 0.25) is 0 Å². The van der Waals surface area contributed by atoms with Gasteiger partial charge in [-0.3, -0.25) is 0 Å². The van der Waals surface area contributed by atoms with E-state index in [1.807, 2.05) is 0 Å². The van der Waals surface area contributed by atoms with E-state index in [1.165, 1.54) is 0 Å². The van der Waals surface area contributed by atoms with E-state index in [0.29, 0.717) is 0 Å². The van der Waals surface area contributed by atoms with Crippen LogP contribution in [0.4, 0.5) is 0 Å². The van der Waals surface area contributed by atoms with Gasteiger partial charge in [-0.1, -0.05) is 0 Å². The van der Waals surface area contributed by atoms with Crippen molar-refractivity contribution in [3.8, 4) is 0 Å². The minimum absolute atomic E-state index is 0. The van der Waals surface area contributed by atoms with E-state index in [4.69, 9.17) is 0 Å². The van der Waals surface area contributed by atoms with Crippen LogP contribution in [0, 0.1) is 10.8 Å². The average Bonchev–Trinajstić information content (AvgIpc) is 3.45. The fourth-order valence-corrected chi connectivity index (χ4v) is 22.1. The first-order chi connectivity index (χ1) is 15.0. The van der Waals surface area contributed by atoms with Crippen LogP contribution in [0.3, 0.4) is 0 Å². The minimum atomic E-state index is -3.89. The molecule has 0 nitrogen and oxygen atoms in total. The van der Waals surface area contributed by atoms with Gasteiger partial charge in [-0.2, -0.15) is 0 Å². The molecule has 0 heterocycles. The third-order valence-corrected chi connectivity index (χ3v) is 25.2. The summed E-state index contributed by atoms with van der Waals surface area (Å²) < 4.78 is 6.58. The molecule has 0 aliphatic heterocycles. The Balaban J connectivity index is 0.00000204. The topological polar surface area (TPSA) is 0 Å². The standard InChI is InChI=1S/2C9H13.2C6H5.2ClH.H2Si.Ti/c2*1-9(2,3)8-6-4-5-7-8;2*1-2-4-6-5-3-1;;;;/h2*4,6H,5H2,1-3H3;2*1-5H;2*1H;1H2;. The predicted octanol–water partition coefficient (Wildman–Crippen LogP) is 7.24. The van der Waals surface area contributed by atoms with Crippen molar-refractivity contribution in [2.24, 2.45) is 10.8 Å². The molecule has 0 saturated heterocycles. The van der Waals surface area contributed by atoms with Gasteiger partial charge >= 0.3 is 198 Å². The number of hydrogen-bond donors (Lipinski definition) is 0. The first kappa shape index (κ1) is 29.1. The van der Waals surface area contributed by atoms with E-state index < -0.39 is 14.0 Å². The Morgan fingerprint density at radius 3 is 1.21 bits per heavy atom.